The van der Waals surface area contributed by atoms with E-state index in [9.17, 15) is 23.7 Å². The Morgan fingerprint density at radius 2 is 2.19 bits per heavy atom. The van der Waals surface area contributed by atoms with Crippen molar-refractivity contribution in [1.82, 2.24) is 4.98 Å². The van der Waals surface area contributed by atoms with Crippen LogP contribution in [-0.2, 0) is 0 Å². The number of hydrogen-bond acceptors (Lipinski definition) is 4. The number of nitrogens with zero attached hydrogens (tertiary/aromatic N) is 2. The summed E-state index contributed by atoms with van der Waals surface area (Å²) < 4.78 is 24.5. The normalized spacial score (nSPS) is 10.6. The molecule has 0 saturated carbocycles. The summed E-state index contributed by atoms with van der Waals surface area (Å²) in [4.78, 5) is 23.5. The molecule has 0 radical (unpaired) electrons. The van der Waals surface area contributed by atoms with Gasteiger partial charge in [0.2, 0.25) is 0 Å². The molecular weight excluding hydrogens is 313 g/mol. The smallest absolute Gasteiger partial charge is 0.275 e. The van der Waals surface area contributed by atoms with Gasteiger partial charge in [-0.25, -0.2) is 13.8 Å². The van der Waals surface area contributed by atoms with Crippen molar-refractivity contribution in [3.63, 3.8) is 0 Å². The molecule has 0 spiro atoms. The standard InChI is InChI=1S/C7H2BrClF2N2O3/c8-5-2(6(9)14)1-3(13(15)16)4(12-5)7(10)11/h1,7H. The van der Waals surface area contributed by atoms with Crippen molar-refractivity contribution >= 4 is 38.5 Å². The maximum Gasteiger partial charge on any atom is 0.297 e. The van der Waals surface area contributed by atoms with Crippen molar-refractivity contribution in [2.24, 2.45) is 0 Å². The first-order chi connectivity index (χ1) is 7.34. The van der Waals surface area contributed by atoms with Gasteiger partial charge >= 0.3 is 0 Å². The van der Waals surface area contributed by atoms with Gasteiger partial charge in [0.25, 0.3) is 17.4 Å². The van der Waals surface area contributed by atoms with Crippen LogP contribution in [0, 0.1) is 10.1 Å². The molecule has 9 heteroatoms. The fourth-order valence-corrected chi connectivity index (χ4v) is 1.68. The number of alkyl halides is 2. The summed E-state index contributed by atoms with van der Waals surface area (Å²) in [5, 5.41) is 9.45. The number of nitro groups is 1. The van der Waals surface area contributed by atoms with E-state index in [1.54, 1.807) is 0 Å². The topological polar surface area (TPSA) is 73.1 Å². The minimum Gasteiger partial charge on any atom is -0.275 e. The lowest BCUT2D eigenvalue weighted by Gasteiger charge is -2.04. The van der Waals surface area contributed by atoms with E-state index in [0.717, 1.165) is 0 Å². The summed E-state index contributed by atoms with van der Waals surface area (Å²) >= 11 is 7.82. The van der Waals surface area contributed by atoms with Gasteiger partial charge in [0.15, 0.2) is 5.69 Å². The maximum atomic E-state index is 12.4. The quantitative estimate of drug-likeness (QED) is 0.372. The number of pyridine rings is 1. The Kier molecular flexibility index (Phi) is 3.87. The van der Waals surface area contributed by atoms with Crippen molar-refractivity contribution in [1.29, 1.82) is 0 Å². The Hall–Kier alpha value is -1.15. The summed E-state index contributed by atoms with van der Waals surface area (Å²) in [6.07, 6.45) is -3.11. The van der Waals surface area contributed by atoms with E-state index in [4.69, 9.17) is 11.6 Å². The van der Waals surface area contributed by atoms with E-state index in [1.807, 2.05) is 0 Å². The van der Waals surface area contributed by atoms with Gasteiger partial charge in [-0.3, -0.25) is 14.9 Å². The average molecular weight is 315 g/mol. The zero-order chi connectivity index (χ0) is 12.5. The third-order valence-electron chi connectivity index (χ3n) is 1.60. The van der Waals surface area contributed by atoms with E-state index in [0.29, 0.717) is 6.07 Å². The highest BCUT2D eigenvalue weighted by atomic mass is 79.9. The Morgan fingerprint density at radius 3 is 2.56 bits per heavy atom. The molecule has 1 rings (SSSR count). The first-order valence-electron chi connectivity index (χ1n) is 3.67. The average Bonchev–Trinajstić information content (AvgIpc) is 2.15. The van der Waals surface area contributed by atoms with Crippen molar-refractivity contribution in [3.05, 3.63) is 32.0 Å². The largest absolute Gasteiger partial charge is 0.297 e. The predicted molar refractivity (Wildman–Crippen MR) is 53.7 cm³/mol. The molecule has 1 heterocycles. The molecule has 1 aromatic heterocycles. The highest BCUT2D eigenvalue weighted by Crippen LogP contribution is 2.31. The molecule has 0 N–H and O–H groups in total. The molecule has 0 unspecified atom stereocenters. The lowest BCUT2D eigenvalue weighted by atomic mass is 10.2. The first-order valence-corrected chi connectivity index (χ1v) is 4.84. The van der Waals surface area contributed by atoms with Crippen molar-refractivity contribution in [3.8, 4) is 0 Å². The Morgan fingerprint density at radius 1 is 1.62 bits per heavy atom. The number of carbonyl (C=O) groups is 1. The molecule has 0 atom stereocenters. The van der Waals surface area contributed by atoms with Gasteiger partial charge in [0.1, 0.15) is 4.60 Å². The van der Waals surface area contributed by atoms with Crippen LogP contribution in [0.5, 0.6) is 0 Å². The molecule has 0 aliphatic carbocycles. The van der Waals surface area contributed by atoms with Gasteiger partial charge in [-0.05, 0) is 27.5 Å². The summed E-state index contributed by atoms with van der Waals surface area (Å²) in [5.74, 6) is 0. The van der Waals surface area contributed by atoms with Crippen LogP contribution in [0.1, 0.15) is 22.5 Å². The van der Waals surface area contributed by atoms with Crippen LogP contribution in [0.3, 0.4) is 0 Å². The SMILES string of the molecule is O=C(Cl)c1cc([N+](=O)[O-])c(C(F)F)nc1Br. The molecule has 0 saturated heterocycles. The maximum absolute atomic E-state index is 12.4. The van der Waals surface area contributed by atoms with Crippen LogP contribution in [-0.4, -0.2) is 15.1 Å². The van der Waals surface area contributed by atoms with Crippen LogP contribution in [0.2, 0.25) is 0 Å². The van der Waals surface area contributed by atoms with Gasteiger partial charge in [-0.15, -0.1) is 0 Å². The Bertz CT molecular complexity index is 469. The van der Waals surface area contributed by atoms with Crippen LogP contribution in [0.4, 0.5) is 14.5 Å². The lowest BCUT2D eigenvalue weighted by Crippen LogP contribution is -2.04. The Labute approximate surface area is 101 Å². The van der Waals surface area contributed by atoms with E-state index in [2.05, 4.69) is 20.9 Å². The summed E-state index contributed by atoms with van der Waals surface area (Å²) in [7, 11) is 0. The minimum absolute atomic E-state index is 0.256. The monoisotopic (exact) mass is 314 g/mol. The molecular formula is C7H2BrClF2N2O3. The van der Waals surface area contributed by atoms with Crippen LogP contribution >= 0.6 is 27.5 Å². The Balaban J connectivity index is 3.49. The molecule has 0 amide bonds. The van der Waals surface area contributed by atoms with Gasteiger partial charge in [-0.2, -0.15) is 0 Å². The summed E-state index contributed by atoms with van der Waals surface area (Å²) in [6, 6.07) is 0.661. The lowest BCUT2D eigenvalue weighted by molar-refractivity contribution is -0.386. The van der Waals surface area contributed by atoms with Gasteiger partial charge < -0.3 is 0 Å². The van der Waals surface area contributed by atoms with Crippen molar-refractivity contribution in [2.75, 3.05) is 0 Å². The number of halogens is 4. The van der Waals surface area contributed by atoms with Crippen molar-refractivity contribution in [2.45, 2.75) is 6.43 Å². The zero-order valence-electron chi connectivity index (χ0n) is 7.29. The van der Waals surface area contributed by atoms with Gasteiger partial charge in [0, 0.05) is 6.07 Å². The first kappa shape index (κ1) is 12.9. The number of hydrogen-bond donors (Lipinski definition) is 0. The van der Waals surface area contributed by atoms with Crippen molar-refractivity contribution < 1.29 is 18.5 Å². The molecule has 1 aromatic rings. The second-order valence-electron chi connectivity index (χ2n) is 2.56. The number of rotatable bonds is 3. The zero-order valence-corrected chi connectivity index (χ0v) is 9.63. The molecule has 16 heavy (non-hydrogen) atoms. The third-order valence-corrected chi connectivity index (χ3v) is 2.41. The molecule has 86 valence electrons. The second-order valence-corrected chi connectivity index (χ2v) is 3.66. The second kappa shape index (κ2) is 4.79. The predicted octanol–water partition coefficient (Wildman–Crippen LogP) is 3.07. The van der Waals surface area contributed by atoms with Gasteiger partial charge in [-0.1, -0.05) is 0 Å². The molecule has 0 bridgehead atoms. The van der Waals surface area contributed by atoms with Crippen LogP contribution < -0.4 is 0 Å². The number of carbonyl (C=O) groups excluding carboxylic acids is 1. The molecule has 5 nitrogen and oxygen atoms in total. The molecule has 0 aliphatic rings. The fourth-order valence-electron chi connectivity index (χ4n) is 0.938. The summed E-state index contributed by atoms with van der Waals surface area (Å²) in [6.45, 7) is 0. The molecule has 0 aliphatic heterocycles. The molecule has 0 fully saturated rings. The fraction of sp³-hybridized carbons (Fsp3) is 0.143. The van der Waals surface area contributed by atoms with E-state index in [1.165, 1.54) is 0 Å². The highest BCUT2D eigenvalue weighted by Gasteiger charge is 2.27. The third kappa shape index (κ3) is 2.50. The van der Waals surface area contributed by atoms with E-state index >= 15 is 0 Å². The van der Waals surface area contributed by atoms with Crippen LogP contribution in [0.25, 0.3) is 0 Å². The minimum atomic E-state index is -3.11. The summed E-state index contributed by atoms with van der Waals surface area (Å²) in [5.41, 5.74) is -2.29. The van der Waals surface area contributed by atoms with Crippen LogP contribution in [0.15, 0.2) is 10.7 Å². The van der Waals surface area contributed by atoms with E-state index in [-0.39, 0.29) is 10.2 Å². The highest BCUT2D eigenvalue weighted by molar-refractivity contribution is 9.10. The van der Waals surface area contributed by atoms with Gasteiger partial charge in [0.05, 0.1) is 10.5 Å². The van der Waals surface area contributed by atoms with E-state index < -0.39 is 28.0 Å². The number of aromatic nitrogens is 1. The molecule has 0 aromatic carbocycles.